The van der Waals surface area contributed by atoms with Crippen LogP contribution < -0.4 is 4.74 Å². The number of hydrogen-bond acceptors (Lipinski definition) is 1. The standard InChI is InChI=1S/C16H14BrF3O/c1-21-14-8-4-12(5-9-14)15(10-16(18,19)20)11-2-6-13(17)7-3-11/h2-9,15H,10H2,1H3. The van der Waals surface area contributed by atoms with E-state index in [-0.39, 0.29) is 0 Å². The molecular weight excluding hydrogens is 345 g/mol. The van der Waals surface area contributed by atoms with Crippen LogP contribution in [0, 0.1) is 0 Å². The molecule has 0 radical (unpaired) electrons. The summed E-state index contributed by atoms with van der Waals surface area (Å²) >= 11 is 3.29. The summed E-state index contributed by atoms with van der Waals surface area (Å²) in [6.45, 7) is 0. The Kier molecular flexibility index (Phi) is 4.93. The Morgan fingerprint density at radius 3 is 1.86 bits per heavy atom. The third-order valence-electron chi connectivity index (χ3n) is 3.23. The van der Waals surface area contributed by atoms with Crippen LogP contribution in [0.2, 0.25) is 0 Å². The Morgan fingerprint density at radius 1 is 0.952 bits per heavy atom. The molecule has 2 aromatic rings. The van der Waals surface area contributed by atoms with Crippen LogP contribution in [0.15, 0.2) is 53.0 Å². The van der Waals surface area contributed by atoms with E-state index in [9.17, 15) is 13.2 Å². The first-order chi connectivity index (χ1) is 9.89. The zero-order chi connectivity index (χ0) is 15.5. The number of rotatable bonds is 4. The van der Waals surface area contributed by atoms with Crippen molar-refractivity contribution in [2.75, 3.05) is 7.11 Å². The minimum absolute atomic E-state index is 0.621. The first-order valence-corrected chi connectivity index (χ1v) is 7.14. The Bertz CT molecular complexity index is 576. The topological polar surface area (TPSA) is 9.23 Å². The second-order valence-corrected chi connectivity index (χ2v) is 5.61. The van der Waals surface area contributed by atoms with E-state index in [1.807, 2.05) is 0 Å². The molecule has 2 rings (SSSR count). The van der Waals surface area contributed by atoms with Gasteiger partial charge in [-0.3, -0.25) is 0 Å². The molecular formula is C16H14BrF3O. The lowest BCUT2D eigenvalue weighted by atomic mass is 9.88. The van der Waals surface area contributed by atoms with Crippen LogP contribution in [0.5, 0.6) is 5.75 Å². The van der Waals surface area contributed by atoms with Gasteiger partial charge in [0.25, 0.3) is 0 Å². The third kappa shape index (κ3) is 4.49. The Morgan fingerprint density at radius 2 is 1.43 bits per heavy atom. The number of hydrogen-bond donors (Lipinski definition) is 0. The average Bonchev–Trinajstić information content (AvgIpc) is 2.45. The summed E-state index contributed by atoms with van der Waals surface area (Å²) in [6.07, 6.45) is -5.11. The van der Waals surface area contributed by atoms with Crippen molar-refractivity contribution in [3.8, 4) is 5.75 Å². The fourth-order valence-corrected chi connectivity index (χ4v) is 2.46. The maximum atomic E-state index is 12.9. The largest absolute Gasteiger partial charge is 0.497 e. The highest BCUT2D eigenvalue weighted by Crippen LogP contribution is 2.36. The first kappa shape index (κ1) is 15.9. The van der Waals surface area contributed by atoms with Gasteiger partial charge < -0.3 is 4.74 Å². The van der Waals surface area contributed by atoms with Crippen LogP contribution in [-0.2, 0) is 0 Å². The van der Waals surface area contributed by atoms with Crippen molar-refractivity contribution in [2.45, 2.75) is 18.5 Å². The molecule has 1 atom stereocenters. The maximum absolute atomic E-state index is 12.9. The quantitative estimate of drug-likeness (QED) is 0.696. The molecule has 112 valence electrons. The van der Waals surface area contributed by atoms with Crippen LogP contribution in [0.25, 0.3) is 0 Å². The summed E-state index contributed by atoms with van der Waals surface area (Å²) in [6, 6.07) is 13.6. The summed E-state index contributed by atoms with van der Waals surface area (Å²) in [7, 11) is 1.52. The molecule has 0 saturated carbocycles. The summed E-state index contributed by atoms with van der Waals surface area (Å²) in [5, 5.41) is 0. The molecule has 0 spiro atoms. The van der Waals surface area contributed by atoms with Crippen molar-refractivity contribution in [3.05, 3.63) is 64.1 Å². The predicted octanol–water partition coefficient (Wildman–Crippen LogP) is 5.54. The van der Waals surface area contributed by atoms with E-state index < -0.39 is 18.5 Å². The molecule has 5 heteroatoms. The van der Waals surface area contributed by atoms with E-state index in [0.717, 1.165) is 4.47 Å². The molecule has 21 heavy (non-hydrogen) atoms. The van der Waals surface area contributed by atoms with Crippen LogP contribution in [0.1, 0.15) is 23.5 Å². The SMILES string of the molecule is COc1ccc(C(CC(F)(F)F)c2ccc(Br)cc2)cc1. The number of benzene rings is 2. The molecule has 0 bridgehead atoms. The van der Waals surface area contributed by atoms with Crippen molar-refractivity contribution < 1.29 is 17.9 Å². The van der Waals surface area contributed by atoms with Crippen molar-refractivity contribution >= 4 is 15.9 Å². The van der Waals surface area contributed by atoms with Gasteiger partial charge in [-0.15, -0.1) is 0 Å². The predicted molar refractivity (Wildman–Crippen MR) is 79.7 cm³/mol. The zero-order valence-corrected chi connectivity index (χ0v) is 12.9. The fourth-order valence-electron chi connectivity index (χ4n) is 2.19. The normalized spacial score (nSPS) is 13.0. The van der Waals surface area contributed by atoms with Crippen LogP contribution in [0.4, 0.5) is 13.2 Å². The highest BCUT2D eigenvalue weighted by Gasteiger charge is 2.33. The minimum Gasteiger partial charge on any atom is -0.497 e. The Labute approximate surface area is 129 Å². The van der Waals surface area contributed by atoms with E-state index in [1.54, 1.807) is 48.5 Å². The van der Waals surface area contributed by atoms with Gasteiger partial charge in [0.05, 0.1) is 13.5 Å². The van der Waals surface area contributed by atoms with Crippen LogP contribution in [0.3, 0.4) is 0 Å². The summed E-state index contributed by atoms with van der Waals surface area (Å²) in [5.74, 6) is -0.0932. The number of halogens is 4. The number of alkyl halides is 3. The highest BCUT2D eigenvalue weighted by atomic mass is 79.9. The molecule has 0 aliphatic carbocycles. The maximum Gasteiger partial charge on any atom is 0.390 e. The van der Waals surface area contributed by atoms with Gasteiger partial charge in [-0.1, -0.05) is 40.2 Å². The van der Waals surface area contributed by atoms with Crippen molar-refractivity contribution in [1.29, 1.82) is 0 Å². The van der Waals surface area contributed by atoms with Crippen molar-refractivity contribution in [3.63, 3.8) is 0 Å². The minimum atomic E-state index is -4.22. The summed E-state index contributed by atoms with van der Waals surface area (Å²) < 4.78 is 44.5. The average molecular weight is 359 g/mol. The fraction of sp³-hybridized carbons (Fsp3) is 0.250. The molecule has 0 saturated heterocycles. The Hall–Kier alpha value is -1.49. The molecule has 1 unspecified atom stereocenters. The van der Waals surface area contributed by atoms with Crippen molar-refractivity contribution in [1.82, 2.24) is 0 Å². The molecule has 0 aliphatic heterocycles. The second kappa shape index (κ2) is 6.52. The molecule has 0 N–H and O–H groups in total. The number of methoxy groups -OCH3 is 1. The van der Waals surface area contributed by atoms with Gasteiger partial charge in [-0.2, -0.15) is 13.2 Å². The van der Waals surface area contributed by atoms with E-state index >= 15 is 0 Å². The van der Waals surface area contributed by atoms with Gasteiger partial charge in [0.2, 0.25) is 0 Å². The molecule has 0 fully saturated rings. The lowest BCUT2D eigenvalue weighted by Gasteiger charge is -2.20. The molecule has 0 aromatic heterocycles. The monoisotopic (exact) mass is 358 g/mol. The highest BCUT2D eigenvalue weighted by molar-refractivity contribution is 9.10. The van der Waals surface area contributed by atoms with Gasteiger partial charge in [0, 0.05) is 10.4 Å². The summed E-state index contributed by atoms with van der Waals surface area (Å²) in [5.41, 5.74) is 1.26. The van der Waals surface area contributed by atoms with E-state index in [0.29, 0.717) is 16.9 Å². The van der Waals surface area contributed by atoms with Gasteiger partial charge >= 0.3 is 6.18 Å². The van der Waals surface area contributed by atoms with Crippen LogP contribution >= 0.6 is 15.9 Å². The third-order valence-corrected chi connectivity index (χ3v) is 3.75. The van der Waals surface area contributed by atoms with Crippen LogP contribution in [-0.4, -0.2) is 13.3 Å². The van der Waals surface area contributed by atoms with Gasteiger partial charge in [0.1, 0.15) is 5.75 Å². The molecule has 0 amide bonds. The van der Waals surface area contributed by atoms with Gasteiger partial charge in [-0.25, -0.2) is 0 Å². The zero-order valence-electron chi connectivity index (χ0n) is 11.3. The molecule has 0 aliphatic rings. The smallest absolute Gasteiger partial charge is 0.390 e. The van der Waals surface area contributed by atoms with Gasteiger partial charge in [0.15, 0.2) is 0 Å². The van der Waals surface area contributed by atoms with E-state index in [1.165, 1.54) is 7.11 Å². The molecule has 1 nitrogen and oxygen atoms in total. The lowest BCUT2D eigenvalue weighted by molar-refractivity contribution is -0.136. The molecule has 0 heterocycles. The summed E-state index contributed by atoms with van der Waals surface area (Å²) in [4.78, 5) is 0. The van der Waals surface area contributed by atoms with E-state index in [2.05, 4.69) is 15.9 Å². The second-order valence-electron chi connectivity index (χ2n) is 4.70. The van der Waals surface area contributed by atoms with E-state index in [4.69, 9.17) is 4.74 Å². The Balaban J connectivity index is 2.37. The number of ether oxygens (including phenoxy) is 1. The first-order valence-electron chi connectivity index (χ1n) is 6.35. The van der Waals surface area contributed by atoms with Crippen molar-refractivity contribution in [2.24, 2.45) is 0 Å². The lowest BCUT2D eigenvalue weighted by Crippen LogP contribution is -2.15. The van der Waals surface area contributed by atoms with Gasteiger partial charge in [-0.05, 0) is 35.4 Å². The molecule has 2 aromatic carbocycles.